The van der Waals surface area contributed by atoms with Gasteiger partial charge in [-0.25, -0.2) is 15.0 Å². The summed E-state index contributed by atoms with van der Waals surface area (Å²) >= 11 is 0. The summed E-state index contributed by atoms with van der Waals surface area (Å²) in [7, 11) is 0. The molecule has 0 aliphatic heterocycles. The number of fused-ring (bicyclic) bond motifs is 3. The molecular weight excluding hydrogens is 613 g/mol. The van der Waals surface area contributed by atoms with E-state index in [1.54, 1.807) is 6.20 Å². The van der Waals surface area contributed by atoms with Crippen molar-refractivity contribution in [1.29, 1.82) is 0 Å². The van der Waals surface area contributed by atoms with Gasteiger partial charge in [-0.05, 0) is 52.9 Å². The van der Waals surface area contributed by atoms with Crippen molar-refractivity contribution in [3.8, 4) is 67.5 Å². The minimum atomic E-state index is 0.577. The predicted octanol–water partition coefficient (Wildman–Crippen LogP) is 11.5. The fraction of sp³-hybridized carbons (Fsp3) is 0.0222. The maximum absolute atomic E-state index is 6.45. The number of aryl methyl sites for hydroxylation is 1. The monoisotopic (exact) mass is 642 g/mol. The van der Waals surface area contributed by atoms with E-state index in [0.717, 1.165) is 60.9 Å². The van der Waals surface area contributed by atoms with Crippen LogP contribution in [0.5, 0.6) is 0 Å². The first-order valence-corrected chi connectivity index (χ1v) is 16.6. The molecule has 0 unspecified atom stereocenters. The maximum Gasteiger partial charge on any atom is 0.164 e. The number of pyridine rings is 1. The van der Waals surface area contributed by atoms with Gasteiger partial charge in [0.1, 0.15) is 5.58 Å². The molecule has 0 saturated heterocycles. The molecule has 0 saturated carbocycles. The largest absolute Gasteiger partial charge is 0.454 e. The number of hydrogen-bond donors (Lipinski definition) is 0. The van der Waals surface area contributed by atoms with E-state index < -0.39 is 0 Å². The van der Waals surface area contributed by atoms with E-state index in [1.807, 2.05) is 48.7 Å². The minimum absolute atomic E-state index is 0.577. The van der Waals surface area contributed by atoms with E-state index in [0.29, 0.717) is 17.5 Å². The fourth-order valence-electron chi connectivity index (χ4n) is 6.49. The van der Waals surface area contributed by atoms with Crippen LogP contribution in [0.1, 0.15) is 5.56 Å². The van der Waals surface area contributed by atoms with Gasteiger partial charge in [0.2, 0.25) is 0 Å². The lowest BCUT2D eigenvalue weighted by molar-refractivity contribution is 0.667. The van der Waals surface area contributed by atoms with Gasteiger partial charge >= 0.3 is 0 Å². The minimum Gasteiger partial charge on any atom is -0.454 e. The maximum atomic E-state index is 6.45. The summed E-state index contributed by atoms with van der Waals surface area (Å²) in [5.41, 5.74) is 12.1. The number of rotatable bonds is 6. The average Bonchev–Trinajstić information content (AvgIpc) is 3.57. The molecule has 0 bridgehead atoms. The lowest BCUT2D eigenvalue weighted by Gasteiger charge is -2.09. The topological polar surface area (TPSA) is 64.7 Å². The van der Waals surface area contributed by atoms with Crippen molar-refractivity contribution in [2.75, 3.05) is 0 Å². The van der Waals surface area contributed by atoms with Crippen LogP contribution in [0.3, 0.4) is 0 Å². The van der Waals surface area contributed by atoms with Gasteiger partial charge in [0, 0.05) is 39.2 Å². The van der Waals surface area contributed by atoms with Crippen molar-refractivity contribution in [2.24, 2.45) is 0 Å². The van der Waals surface area contributed by atoms with E-state index in [2.05, 4.69) is 121 Å². The Hall–Kier alpha value is -6.72. The molecule has 50 heavy (non-hydrogen) atoms. The van der Waals surface area contributed by atoms with Crippen LogP contribution >= 0.6 is 0 Å². The molecule has 9 rings (SSSR count). The molecule has 0 amide bonds. The van der Waals surface area contributed by atoms with Gasteiger partial charge in [-0.1, -0.05) is 139 Å². The summed E-state index contributed by atoms with van der Waals surface area (Å²) in [6.45, 7) is 2.10. The first kappa shape index (κ1) is 29.4. The fourth-order valence-corrected chi connectivity index (χ4v) is 6.49. The van der Waals surface area contributed by atoms with E-state index >= 15 is 0 Å². The van der Waals surface area contributed by atoms with Crippen LogP contribution < -0.4 is 0 Å². The molecule has 0 radical (unpaired) electrons. The van der Waals surface area contributed by atoms with Crippen LogP contribution in [0.15, 0.2) is 168 Å². The van der Waals surface area contributed by atoms with Gasteiger partial charge in [0.05, 0.1) is 6.20 Å². The number of aromatic nitrogens is 4. The Bertz CT molecular complexity index is 2630. The Morgan fingerprint density at radius 3 is 1.62 bits per heavy atom. The lowest BCUT2D eigenvalue weighted by atomic mass is 9.97. The molecular formula is C45H30N4O. The SMILES string of the molecule is Cc1ccc(-c2ccc(-c3nc(-c4ccccc4)nc(-c4ccc5c(c4)oc4cncc(-c6cccc(-c7ccccc7)c6)c45)n3)cc2)cc1. The third kappa shape index (κ3) is 5.51. The second-order valence-corrected chi connectivity index (χ2v) is 12.4. The second kappa shape index (κ2) is 12.4. The summed E-state index contributed by atoms with van der Waals surface area (Å²) in [6, 6.07) is 52.1. The molecule has 236 valence electrons. The van der Waals surface area contributed by atoms with Crippen LogP contribution in [-0.4, -0.2) is 19.9 Å². The van der Waals surface area contributed by atoms with Crippen molar-refractivity contribution in [2.45, 2.75) is 6.92 Å². The van der Waals surface area contributed by atoms with Crippen molar-refractivity contribution in [3.05, 3.63) is 170 Å². The molecule has 5 nitrogen and oxygen atoms in total. The summed E-state index contributed by atoms with van der Waals surface area (Å²) in [6.07, 6.45) is 3.71. The Labute approximate surface area is 289 Å². The summed E-state index contributed by atoms with van der Waals surface area (Å²) in [5, 5.41) is 2.04. The highest BCUT2D eigenvalue weighted by atomic mass is 16.3. The molecule has 0 aliphatic carbocycles. The quantitative estimate of drug-likeness (QED) is 0.181. The van der Waals surface area contributed by atoms with Gasteiger partial charge in [0.25, 0.3) is 0 Å². The van der Waals surface area contributed by atoms with Crippen LogP contribution in [-0.2, 0) is 0 Å². The standard InChI is InChI=1S/C45H30N4O/c1-29-15-17-31(18-16-29)32-19-21-34(22-20-32)44-47-43(33-11-6-3-7-12-33)48-45(49-44)37-23-24-38-40(26-37)50-41-28-46-27-39(42(38)41)36-14-8-13-35(25-36)30-9-4-2-5-10-30/h2-28H,1H3. The number of furan rings is 1. The molecule has 6 aromatic carbocycles. The first-order valence-electron chi connectivity index (χ1n) is 16.6. The molecule has 0 atom stereocenters. The zero-order chi connectivity index (χ0) is 33.4. The summed E-state index contributed by atoms with van der Waals surface area (Å²) < 4.78 is 6.45. The van der Waals surface area contributed by atoms with Crippen LogP contribution in [0.2, 0.25) is 0 Å². The Morgan fingerprint density at radius 1 is 0.400 bits per heavy atom. The average molecular weight is 643 g/mol. The highest BCUT2D eigenvalue weighted by molar-refractivity contribution is 6.12. The summed E-state index contributed by atoms with van der Waals surface area (Å²) in [4.78, 5) is 19.5. The van der Waals surface area contributed by atoms with E-state index in [1.165, 1.54) is 16.7 Å². The Kier molecular flexibility index (Phi) is 7.29. The molecule has 0 N–H and O–H groups in total. The zero-order valence-electron chi connectivity index (χ0n) is 27.3. The molecule has 3 heterocycles. The van der Waals surface area contributed by atoms with Crippen LogP contribution in [0.4, 0.5) is 0 Å². The van der Waals surface area contributed by atoms with E-state index in [-0.39, 0.29) is 0 Å². The third-order valence-corrected chi connectivity index (χ3v) is 9.12. The molecule has 0 fully saturated rings. The normalized spacial score (nSPS) is 11.3. The molecule has 9 aromatic rings. The van der Waals surface area contributed by atoms with Crippen LogP contribution in [0, 0.1) is 6.92 Å². The molecule has 3 aromatic heterocycles. The smallest absolute Gasteiger partial charge is 0.164 e. The highest BCUT2D eigenvalue weighted by Crippen LogP contribution is 2.38. The van der Waals surface area contributed by atoms with Crippen molar-refractivity contribution >= 4 is 21.9 Å². The number of benzene rings is 6. The second-order valence-electron chi connectivity index (χ2n) is 12.4. The van der Waals surface area contributed by atoms with Gasteiger partial charge in [-0.2, -0.15) is 0 Å². The summed E-state index contributed by atoms with van der Waals surface area (Å²) in [5.74, 6) is 1.80. The van der Waals surface area contributed by atoms with Crippen molar-refractivity contribution < 1.29 is 4.42 Å². The lowest BCUT2D eigenvalue weighted by Crippen LogP contribution is -2.00. The van der Waals surface area contributed by atoms with Gasteiger partial charge < -0.3 is 4.42 Å². The number of hydrogen-bond acceptors (Lipinski definition) is 5. The Balaban J connectivity index is 1.14. The predicted molar refractivity (Wildman–Crippen MR) is 202 cm³/mol. The zero-order valence-corrected chi connectivity index (χ0v) is 27.3. The van der Waals surface area contributed by atoms with Crippen LogP contribution in [0.25, 0.3) is 89.5 Å². The van der Waals surface area contributed by atoms with Crippen molar-refractivity contribution in [3.63, 3.8) is 0 Å². The Morgan fingerprint density at radius 2 is 0.920 bits per heavy atom. The first-order chi connectivity index (χ1) is 24.7. The highest BCUT2D eigenvalue weighted by Gasteiger charge is 2.17. The molecule has 5 heteroatoms. The van der Waals surface area contributed by atoms with Gasteiger partial charge in [-0.15, -0.1) is 0 Å². The number of nitrogens with zero attached hydrogens (tertiary/aromatic N) is 4. The van der Waals surface area contributed by atoms with E-state index in [9.17, 15) is 0 Å². The molecule has 0 aliphatic rings. The van der Waals surface area contributed by atoms with E-state index in [4.69, 9.17) is 19.4 Å². The third-order valence-electron chi connectivity index (χ3n) is 9.12. The van der Waals surface area contributed by atoms with Crippen molar-refractivity contribution in [1.82, 2.24) is 19.9 Å². The van der Waals surface area contributed by atoms with Gasteiger partial charge in [-0.3, -0.25) is 4.98 Å². The molecule has 0 spiro atoms. The van der Waals surface area contributed by atoms with Gasteiger partial charge in [0.15, 0.2) is 23.1 Å².